The summed E-state index contributed by atoms with van der Waals surface area (Å²) in [6, 6.07) is 0. The summed E-state index contributed by atoms with van der Waals surface area (Å²) >= 11 is 0. The first-order chi connectivity index (χ1) is 6.52. The van der Waals surface area contributed by atoms with Crippen LogP contribution in [-0.4, -0.2) is 38.1 Å². The third-order valence-corrected chi connectivity index (χ3v) is 2.03. The minimum atomic E-state index is 0.748. The second-order valence-electron chi connectivity index (χ2n) is 4.64. The van der Waals surface area contributed by atoms with Gasteiger partial charge >= 0.3 is 0 Å². The normalized spacial score (nSPS) is 11.1. The molecular weight excluding hydrogens is 172 g/mol. The Balaban J connectivity index is 3.36. The van der Waals surface area contributed by atoms with Gasteiger partial charge in [0.05, 0.1) is 0 Å². The number of nitrogens with zero attached hydrogens (tertiary/aromatic N) is 1. The zero-order valence-electron chi connectivity index (χ0n) is 10.4. The summed E-state index contributed by atoms with van der Waals surface area (Å²) in [7, 11) is 2.16. The van der Waals surface area contributed by atoms with Crippen LogP contribution in [0.1, 0.15) is 27.7 Å². The van der Waals surface area contributed by atoms with Crippen LogP contribution in [0, 0.1) is 5.92 Å². The second-order valence-corrected chi connectivity index (χ2v) is 4.64. The second kappa shape index (κ2) is 8.01. The van der Waals surface area contributed by atoms with Gasteiger partial charge in [0.2, 0.25) is 0 Å². The first-order valence-electron chi connectivity index (χ1n) is 5.55. The SMILES string of the molecule is CC(C)=CCN(C)CCNCC(C)C. The lowest BCUT2D eigenvalue weighted by molar-refractivity contribution is 0.360. The fourth-order valence-corrected chi connectivity index (χ4v) is 1.09. The molecule has 0 aromatic carbocycles. The molecule has 0 saturated carbocycles. The van der Waals surface area contributed by atoms with Crippen molar-refractivity contribution in [3.8, 4) is 0 Å². The molecule has 0 radical (unpaired) electrons. The molecule has 0 aliphatic rings. The summed E-state index contributed by atoms with van der Waals surface area (Å²) < 4.78 is 0. The standard InChI is InChI=1S/C12H26N2/c1-11(2)6-8-14(5)9-7-13-10-12(3)4/h6,12-13H,7-10H2,1-5H3. The van der Waals surface area contributed by atoms with Crippen LogP contribution in [0.2, 0.25) is 0 Å². The summed E-state index contributed by atoms with van der Waals surface area (Å²) in [5, 5.41) is 3.44. The fraction of sp³-hybridized carbons (Fsp3) is 0.833. The topological polar surface area (TPSA) is 15.3 Å². The lowest BCUT2D eigenvalue weighted by atomic mass is 10.2. The molecule has 0 atom stereocenters. The van der Waals surface area contributed by atoms with Crippen molar-refractivity contribution >= 4 is 0 Å². The molecule has 0 amide bonds. The van der Waals surface area contributed by atoms with Crippen LogP contribution < -0.4 is 5.32 Å². The molecule has 0 aliphatic carbocycles. The van der Waals surface area contributed by atoms with Gasteiger partial charge in [0.1, 0.15) is 0 Å². The van der Waals surface area contributed by atoms with E-state index in [0.717, 1.165) is 32.1 Å². The van der Waals surface area contributed by atoms with E-state index in [1.165, 1.54) is 5.57 Å². The first kappa shape index (κ1) is 13.7. The highest BCUT2D eigenvalue weighted by molar-refractivity contribution is 4.94. The van der Waals surface area contributed by atoms with Crippen LogP contribution in [0.5, 0.6) is 0 Å². The van der Waals surface area contributed by atoms with Crippen molar-refractivity contribution in [1.82, 2.24) is 10.2 Å². The number of hydrogen-bond acceptors (Lipinski definition) is 2. The summed E-state index contributed by atoms with van der Waals surface area (Å²) in [5.41, 5.74) is 1.40. The van der Waals surface area contributed by atoms with Crippen molar-refractivity contribution < 1.29 is 0 Å². The first-order valence-corrected chi connectivity index (χ1v) is 5.55. The smallest absolute Gasteiger partial charge is 0.0163 e. The molecule has 0 spiro atoms. The third kappa shape index (κ3) is 9.75. The molecule has 0 fully saturated rings. The van der Waals surface area contributed by atoms with Crippen molar-refractivity contribution in [2.24, 2.45) is 5.92 Å². The number of rotatable bonds is 7. The van der Waals surface area contributed by atoms with Gasteiger partial charge in [-0.15, -0.1) is 0 Å². The van der Waals surface area contributed by atoms with Crippen LogP contribution in [0.25, 0.3) is 0 Å². The summed E-state index contributed by atoms with van der Waals surface area (Å²) in [4.78, 5) is 2.33. The van der Waals surface area contributed by atoms with Gasteiger partial charge in [0, 0.05) is 19.6 Å². The maximum atomic E-state index is 3.44. The largest absolute Gasteiger partial charge is 0.315 e. The Labute approximate surface area is 89.4 Å². The minimum absolute atomic E-state index is 0.748. The molecular formula is C12H26N2. The van der Waals surface area contributed by atoms with Gasteiger partial charge in [0.15, 0.2) is 0 Å². The van der Waals surface area contributed by atoms with Gasteiger partial charge in [-0.2, -0.15) is 0 Å². The molecule has 2 nitrogen and oxygen atoms in total. The Bertz CT molecular complexity index is 158. The average Bonchev–Trinajstić information content (AvgIpc) is 2.08. The van der Waals surface area contributed by atoms with Gasteiger partial charge < -0.3 is 10.2 Å². The lowest BCUT2D eigenvalue weighted by Crippen LogP contribution is -2.31. The molecule has 0 aromatic rings. The highest BCUT2D eigenvalue weighted by atomic mass is 15.1. The molecule has 2 heteroatoms. The van der Waals surface area contributed by atoms with Crippen LogP contribution in [0.3, 0.4) is 0 Å². The fourth-order valence-electron chi connectivity index (χ4n) is 1.09. The summed E-state index contributed by atoms with van der Waals surface area (Å²) in [6.45, 7) is 13.2. The van der Waals surface area contributed by atoms with E-state index in [-0.39, 0.29) is 0 Å². The van der Waals surface area contributed by atoms with E-state index in [9.17, 15) is 0 Å². The Kier molecular flexibility index (Phi) is 7.81. The predicted octanol–water partition coefficient (Wildman–Crippen LogP) is 2.13. The molecule has 0 heterocycles. The molecule has 0 aromatic heterocycles. The number of nitrogens with one attached hydrogen (secondary N) is 1. The summed E-state index contributed by atoms with van der Waals surface area (Å²) in [5.74, 6) is 0.748. The maximum Gasteiger partial charge on any atom is 0.0163 e. The third-order valence-electron chi connectivity index (χ3n) is 2.03. The van der Waals surface area contributed by atoms with E-state index in [1.807, 2.05) is 0 Å². The van der Waals surface area contributed by atoms with Gasteiger partial charge in [-0.05, 0) is 33.4 Å². The molecule has 14 heavy (non-hydrogen) atoms. The molecule has 84 valence electrons. The Morgan fingerprint density at radius 2 is 2.00 bits per heavy atom. The van der Waals surface area contributed by atoms with Crippen molar-refractivity contribution in [2.45, 2.75) is 27.7 Å². The van der Waals surface area contributed by atoms with Gasteiger partial charge in [0.25, 0.3) is 0 Å². The predicted molar refractivity (Wildman–Crippen MR) is 64.6 cm³/mol. The molecule has 0 rings (SSSR count). The van der Waals surface area contributed by atoms with Gasteiger partial charge in [-0.25, -0.2) is 0 Å². The van der Waals surface area contributed by atoms with Crippen molar-refractivity contribution in [3.63, 3.8) is 0 Å². The van der Waals surface area contributed by atoms with Crippen LogP contribution in [0.4, 0.5) is 0 Å². The Morgan fingerprint density at radius 1 is 1.36 bits per heavy atom. The lowest BCUT2D eigenvalue weighted by Gasteiger charge is -2.15. The van der Waals surface area contributed by atoms with Crippen molar-refractivity contribution in [2.75, 3.05) is 33.2 Å². The monoisotopic (exact) mass is 198 g/mol. The zero-order valence-corrected chi connectivity index (χ0v) is 10.4. The minimum Gasteiger partial charge on any atom is -0.315 e. The quantitative estimate of drug-likeness (QED) is 0.498. The number of likely N-dealkylation sites (N-methyl/N-ethyl adjacent to an activating group) is 1. The van der Waals surface area contributed by atoms with E-state index < -0.39 is 0 Å². The molecule has 0 aliphatic heterocycles. The van der Waals surface area contributed by atoms with Gasteiger partial charge in [-0.3, -0.25) is 0 Å². The molecule has 0 saturated heterocycles. The van der Waals surface area contributed by atoms with Crippen LogP contribution >= 0.6 is 0 Å². The van der Waals surface area contributed by atoms with Crippen molar-refractivity contribution in [3.05, 3.63) is 11.6 Å². The summed E-state index contributed by atoms with van der Waals surface area (Å²) in [6.07, 6.45) is 2.27. The molecule has 0 unspecified atom stereocenters. The zero-order chi connectivity index (χ0) is 11.0. The highest BCUT2D eigenvalue weighted by Crippen LogP contribution is 1.91. The van der Waals surface area contributed by atoms with E-state index in [0.29, 0.717) is 0 Å². The van der Waals surface area contributed by atoms with Crippen molar-refractivity contribution in [1.29, 1.82) is 0 Å². The van der Waals surface area contributed by atoms with E-state index in [1.54, 1.807) is 0 Å². The van der Waals surface area contributed by atoms with E-state index in [2.05, 4.69) is 51.0 Å². The molecule has 0 bridgehead atoms. The number of hydrogen-bond donors (Lipinski definition) is 1. The average molecular weight is 198 g/mol. The molecule has 1 N–H and O–H groups in total. The Hall–Kier alpha value is -0.340. The van der Waals surface area contributed by atoms with Crippen LogP contribution in [0.15, 0.2) is 11.6 Å². The van der Waals surface area contributed by atoms with E-state index in [4.69, 9.17) is 0 Å². The highest BCUT2D eigenvalue weighted by Gasteiger charge is 1.96. The van der Waals surface area contributed by atoms with Crippen LogP contribution in [-0.2, 0) is 0 Å². The maximum absolute atomic E-state index is 3.44. The Morgan fingerprint density at radius 3 is 2.50 bits per heavy atom. The number of allylic oxidation sites excluding steroid dienone is 1. The van der Waals surface area contributed by atoms with E-state index >= 15 is 0 Å². The van der Waals surface area contributed by atoms with Gasteiger partial charge in [-0.1, -0.05) is 25.5 Å².